The summed E-state index contributed by atoms with van der Waals surface area (Å²) in [6, 6.07) is 8.19. The van der Waals surface area contributed by atoms with E-state index in [4.69, 9.17) is 4.74 Å². The third-order valence-electron chi connectivity index (χ3n) is 3.17. The van der Waals surface area contributed by atoms with Crippen molar-refractivity contribution >= 4 is 5.69 Å². The van der Waals surface area contributed by atoms with Crippen LogP contribution in [0, 0.1) is 0 Å². The number of aromatic nitrogens is 1. The molecule has 5 heteroatoms. The largest absolute Gasteiger partial charge is 0.508 e. The Morgan fingerprint density at radius 1 is 1.30 bits per heavy atom. The SMILES string of the molecule is COc1ccc(O)c(C(C)Nc2ccc(=O)n(C)c2)c1. The Labute approximate surface area is 117 Å². The van der Waals surface area contributed by atoms with Gasteiger partial charge in [0, 0.05) is 24.9 Å². The van der Waals surface area contributed by atoms with Crippen molar-refractivity contribution in [2.75, 3.05) is 12.4 Å². The first-order chi connectivity index (χ1) is 9.51. The summed E-state index contributed by atoms with van der Waals surface area (Å²) in [5, 5.41) is 13.2. The van der Waals surface area contributed by atoms with Crippen LogP contribution in [0.4, 0.5) is 5.69 Å². The van der Waals surface area contributed by atoms with E-state index in [1.807, 2.05) is 6.92 Å². The summed E-state index contributed by atoms with van der Waals surface area (Å²) in [6.07, 6.45) is 1.72. The number of pyridine rings is 1. The van der Waals surface area contributed by atoms with E-state index in [0.717, 1.165) is 11.3 Å². The maximum absolute atomic E-state index is 11.3. The minimum absolute atomic E-state index is 0.0626. The Morgan fingerprint density at radius 2 is 2.05 bits per heavy atom. The molecule has 0 saturated heterocycles. The van der Waals surface area contributed by atoms with E-state index < -0.39 is 0 Å². The molecule has 1 aromatic carbocycles. The average molecular weight is 274 g/mol. The van der Waals surface area contributed by atoms with Crippen molar-refractivity contribution in [2.45, 2.75) is 13.0 Å². The van der Waals surface area contributed by atoms with Gasteiger partial charge in [0.1, 0.15) is 11.5 Å². The van der Waals surface area contributed by atoms with E-state index in [1.165, 1.54) is 10.6 Å². The lowest BCUT2D eigenvalue weighted by Gasteiger charge is -2.18. The Hall–Kier alpha value is -2.43. The third-order valence-corrected chi connectivity index (χ3v) is 3.17. The minimum Gasteiger partial charge on any atom is -0.508 e. The van der Waals surface area contributed by atoms with E-state index in [-0.39, 0.29) is 17.4 Å². The smallest absolute Gasteiger partial charge is 0.250 e. The second kappa shape index (κ2) is 5.69. The van der Waals surface area contributed by atoms with Crippen LogP contribution < -0.4 is 15.6 Å². The van der Waals surface area contributed by atoms with Gasteiger partial charge in [-0.05, 0) is 31.2 Å². The molecule has 0 bridgehead atoms. The van der Waals surface area contributed by atoms with Gasteiger partial charge in [0.2, 0.25) is 5.56 Å². The van der Waals surface area contributed by atoms with Crippen molar-refractivity contribution in [3.05, 3.63) is 52.4 Å². The number of hydrogen-bond acceptors (Lipinski definition) is 4. The van der Waals surface area contributed by atoms with Crippen LogP contribution in [0.5, 0.6) is 11.5 Å². The van der Waals surface area contributed by atoms with Gasteiger partial charge >= 0.3 is 0 Å². The van der Waals surface area contributed by atoms with Gasteiger partial charge < -0.3 is 19.7 Å². The topological polar surface area (TPSA) is 63.5 Å². The molecule has 1 unspecified atom stereocenters. The summed E-state index contributed by atoms with van der Waals surface area (Å²) in [5.74, 6) is 0.891. The van der Waals surface area contributed by atoms with Crippen LogP contribution >= 0.6 is 0 Å². The molecule has 5 nitrogen and oxygen atoms in total. The monoisotopic (exact) mass is 274 g/mol. The van der Waals surface area contributed by atoms with Crippen molar-refractivity contribution < 1.29 is 9.84 Å². The Bertz CT molecular complexity index is 664. The van der Waals surface area contributed by atoms with Gasteiger partial charge in [0.05, 0.1) is 18.8 Å². The van der Waals surface area contributed by atoms with E-state index >= 15 is 0 Å². The summed E-state index contributed by atoms with van der Waals surface area (Å²) in [7, 11) is 3.28. The number of anilines is 1. The highest BCUT2D eigenvalue weighted by atomic mass is 16.5. The molecule has 0 aliphatic heterocycles. The molecule has 2 aromatic rings. The summed E-state index contributed by atoms with van der Waals surface area (Å²) in [5.41, 5.74) is 1.48. The molecule has 0 fully saturated rings. The lowest BCUT2D eigenvalue weighted by atomic mass is 10.1. The standard InChI is InChI=1S/C15H18N2O3/c1-10(13-8-12(20-3)5-6-14(13)18)16-11-4-7-15(19)17(2)9-11/h4-10,16,18H,1-3H3. The average Bonchev–Trinajstić information content (AvgIpc) is 2.43. The van der Waals surface area contributed by atoms with Crippen molar-refractivity contribution in [3.63, 3.8) is 0 Å². The molecule has 106 valence electrons. The number of nitrogens with zero attached hydrogens (tertiary/aromatic N) is 1. The van der Waals surface area contributed by atoms with Crippen LogP contribution in [0.1, 0.15) is 18.5 Å². The maximum Gasteiger partial charge on any atom is 0.250 e. The third kappa shape index (κ3) is 2.93. The van der Waals surface area contributed by atoms with E-state index in [0.29, 0.717) is 5.75 Å². The summed E-state index contributed by atoms with van der Waals surface area (Å²) in [6.45, 7) is 1.93. The summed E-state index contributed by atoms with van der Waals surface area (Å²) < 4.78 is 6.66. The number of aromatic hydroxyl groups is 1. The van der Waals surface area contributed by atoms with Crippen molar-refractivity contribution in [1.29, 1.82) is 0 Å². The van der Waals surface area contributed by atoms with E-state index in [1.54, 1.807) is 44.6 Å². The number of aryl methyl sites for hydroxylation is 1. The van der Waals surface area contributed by atoms with Gasteiger partial charge in [0.25, 0.3) is 0 Å². The molecule has 0 radical (unpaired) electrons. The fourth-order valence-corrected chi connectivity index (χ4v) is 2.01. The zero-order valence-electron chi connectivity index (χ0n) is 11.8. The zero-order valence-corrected chi connectivity index (χ0v) is 11.8. The molecular weight excluding hydrogens is 256 g/mol. The first kappa shape index (κ1) is 14.0. The quantitative estimate of drug-likeness (QED) is 0.897. The van der Waals surface area contributed by atoms with E-state index in [9.17, 15) is 9.90 Å². The summed E-state index contributed by atoms with van der Waals surface area (Å²) in [4.78, 5) is 11.3. The molecule has 20 heavy (non-hydrogen) atoms. The number of nitrogens with one attached hydrogen (secondary N) is 1. The second-order valence-corrected chi connectivity index (χ2v) is 4.66. The predicted octanol–water partition coefficient (Wildman–Crippen LogP) is 2.27. The highest BCUT2D eigenvalue weighted by molar-refractivity contribution is 5.47. The van der Waals surface area contributed by atoms with Gasteiger partial charge in [-0.15, -0.1) is 0 Å². The Morgan fingerprint density at radius 3 is 2.70 bits per heavy atom. The Balaban J connectivity index is 2.25. The molecule has 1 atom stereocenters. The van der Waals surface area contributed by atoms with Crippen molar-refractivity contribution in [1.82, 2.24) is 4.57 Å². The first-order valence-corrected chi connectivity index (χ1v) is 6.31. The van der Waals surface area contributed by atoms with Crippen LogP contribution in [-0.2, 0) is 7.05 Å². The van der Waals surface area contributed by atoms with Crippen LogP contribution in [-0.4, -0.2) is 16.8 Å². The van der Waals surface area contributed by atoms with Crippen LogP contribution in [0.25, 0.3) is 0 Å². The molecule has 1 heterocycles. The predicted molar refractivity (Wildman–Crippen MR) is 78.4 cm³/mol. The molecule has 2 N–H and O–H groups in total. The number of hydrogen-bond donors (Lipinski definition) is 2. The number of methoxy groups -OCH3 is 1. The summed E-state index contributed by atoms with van der Waals surface area (Å²) >= 11 is 0. The second-order valence-electron chi connectivity index (χ2n) is 4.66. The molecule has 1 aromatic heterocycles. The van der Waals surface area contributed by atoms with Crippen LogP contribution in [0.3, 0.4) is 0 Å². The molecule has 0 aliphatic carbocycles. The Kier molecular flexibility index (Phi) is 3.98. The molecule has 0 spiro atoms. The molecule has 0 saturated carbocycles. The lowest BCUT2D eigenvalue weighted by Crippen LogP contribution is -2.16. The highest BCUT2D eigenvalue weighted by Crippen LogP contribution is 2.30. The highest BCUT2D eigenvalue weighted by Gasteiger charge is 2.12. The fraction of sp³-hybridized carbons (Fsp3) is 0.267. The van der Waals surface area contributed by atoms with Gasteiger partial charge in [-0.2, -0.15) is 0 Å². The van der Waals surface area contributed by atoms with E-state index in [2.05, 4.69) is 5.32 Å². The molecule has 0 aliphatic rings. The number of phenols is 1. The van der Waals surface area contributed by atoms with Crippen molar-refractivity contribution in [3.8, 4) is 11.5 Å². The van der Waals surface area contributed by atoms with Crippen molar-refractivity contribution in [2.24, 2.45) is 7.05 Å². The molecular formula is C15H18N2O3. The normalized spacial score (nSPS) is 11.9. The van der Waals surface area contributed by atoms with Crippen LogP contribution in [0.2, 0.25) is 0 Å². The lowest BCUT2D eigenvalue weighted by molar-refractivity contribution is 0.410. The van der Waals surface area contributed by atoms with Gasteiger partial charge in [-0.25, -0.2) is 0 Å². The number of ether oxygens (including phenoxy) is 1. The number of phenolic OH excluding ortho intramolecular Hbond substituents is 1. The van der Waals surface area contributed by atoms with Gasteiger partial charge in [-0.3, -0.25) is 4.79 Å². The van der Waals surface area contributed by atoms with Crippen LogP contribution in [0.15, 0.2) is 41.3 Å². The first-order valence-electron chi connectivity index (χ1n) is 6.31. The number of benzene rings is 1. The fourth-order valence-electron chi connectivity index (χ4n) is 2.01. The van der Waals surface area contributed by atoms with Gasteiger partial charge in [-0.1, -0.05) is 0 Å². The zero-order chi connectivity index (χ0) is 14.7. The van der Waals surface area contributed by atoms with Gasteiger partial charge in [0.15, 0.2) is 0 Å². The molecule has 2 rings (SSSR count). The minimum atomic E-state index is -0.123. The molecule has 0 amide bonds. The maximum atomic E-state index is 11.3. The number of rotatable bonds is 4.